The van der Waals surface area contributed by atoms with Crippen LogP contribution in [0.25, 0.3) is 0 Å². The van der Waals surface area contributed by atoms with E-state index in [1.165, 1.54) is 51.4 Å². The van der Waals surface area contributed by atoms with E-state index >= 15 is 0 Å². The fraction of sp³-hybridized carbons (Fsp3) is 0.818. The van der Waals surface area contributed by atoms with Crippen LogP contribution < -0.4 is 0 Å². The fourth-order valence-corrected chi connectivity index (χ4v) is 2.81. The zero-order valence-electron chi connectivity index (χ0n) is 17.8. The van der Waals surface area contributed by atoms with Crippen molar-refractivity contribution in [2.24, 2.45) is 0 Å². The number of hydrogen-bond acceptors (Lipinski definition) is 5. The lowest BCUT2D eigenvalue weighted by Gasteiger charge is -2.16. The Hall–Kier alpha value is -1.36. The summed E-state index contributed by atoms with van der Waals surface area (Å²) in [6, 6.07) is 0. The van der Waals surface area contributed by atoms with E-state index in [-0.39, 0.29) is 0 Å². The molecule has 0 aliphatic carbocycles. The number of ether oxygens (including phenoxy) is 2. The Morgan fingerprint density at radius 1 is 0.667 bits per heavy atom. The number of esters is 2. The average Bonchev–Trinajstić information content (AvgIpc) is 2.67. The van der Waals surface area contributed by atoms with Gasteiger partial charge in [0.15, 0.2) is 0 Å². The third-order valence-electron chi connectivity index (χ3n) is 4.64. The Balaban J connectivity index is 3.51. The smallest absolute Gasteiger partial charge is 0.331 e. The zero-order valence-corrected chi connectivity index (χ0v) is 17.8. The van der Waals surface area contributed by atoms with Crippen LogP contribution in [0.2, 0.25) is 0 Å². The first-order valence-electron chi connectivity index (χ1n) is 10.9. The molecule has 0 radical (unpaired) electrons. The average molecular weight is 384 g/mol. The Morgan fingerprint density at radius 3 is 1.59 bits per heavy atom. The second-order valence-corrected chi connectivity index (χ2v) is 6.88. The molecule has 5 heteroatoms. The molecule has 0 saturated heterocycles. The molecule has 0 N–H and O–H groups in total. The van der Waals surface area contributed by atoms with Gasteiger partial charge in [-0.05, 0) is 19.5 Å². The molecule has 0 unspecified atom stereocenters. The third-order valence-corrected chi connectivity index (χ3v) is 4.64. The molecule has 0 saturated carbocycles. The summed E-state index contributed by atoms with van der Waals surface area (Å²) < 4.78 is 10.2. The van der Waals surface area contributed by atoms with E-state index in [0.717, 1.165) is 38.1 Å². The number of carbonyl (C=O) groups is 2. The van der Waals surface area contributed by atoms with Gasteiger partial charge in [0, 0.05) is 18.7 Å². The summed E-state index contributed by atoms with van der Waals surface area (Å²) in [5, 5.41) is 0. The van der Waals surface area contributed by atoms with Crippen LogP contribution in [-0.2, 0) is 19.1 Å². The van der Waals surface area contributed by atoms with Crippen LogP contribution in [0.5, 0.6) is 0 Å². The molecule has 0 aliphatic rings. The molecule has 27 heavy (non-hydrogen) atoms. The highest BCUT2D eigenvalue weighted by molar-refractivity contribution is 5.91. The molecule has 0 rings (SSSR count). The first kappa shape index (κ1) is 25.6. The molecule has 0 aliphatic heterocycles. The van der Waals surface area contributed by atoms with Crippen molar-refractivity contribution in [3.8, 4) is 0 Å². The van der Waals surface area contributed by atoms with Crippen molar-refractivity contribution in [3.63, 3.8) is 0 Å². The van der Waals surface area contributed by atoms with E-state index < -0.39 is 11.9 Å². The highest BCUT2D eigenvalue weighted by Gasteiger charge is 2.03. The van der Waals surface area contributed by atoms with Gasteiger partial charge in [-0.1, -0.05) is 78.6 Å². The van der Waals surface area contributed by atoms with E-state index in [1.54, 1.807) is 0 Å². The molecule has 0 aromatic carbocycles. The quantitative estimate of drug-likeness (QED) is 0.192. The second-order valence-electron chi connectivity index (χ2n) is 6.88. The lowest BCUT2D eigenvalue weighted by atomic mass is 10.1. The maximum absolute atomic E-state index is 11.6. The van der Waals surface area contributed by atoms with Gasteiger partial charge in [0.2, 0.25) is 0 Å². The lowest BCUT2D eigenvalue weighted by Crippen LogP contribution is -2.27. The Bertz CT molecular complexity index is 392. The van der Waals surface area contributed by atoms with Gasteiger partial charge in [0.1, 0.15) is 6.61 Å². The Kier molecular flexibility index (Phi) is 18.4. The van der Waals surface area contributed by atoms with Crippen molar-refractivity contribution >= 4 is 11.9 Å². The Morgan fingerprint density at radius 2 is 1.11 bits per heavy atom. The van der Waals surface area contributed by atoms with Crippen LogP contribution in [0.15, 0.2) is 12.2 Å². The summed E-state index contributed by atoms with van der Waals surface area (Å²) >= 11 is 0. The molecule has 0 atom stereocenters. The van der Waals surface area contributed by atoms with E-state index in [2.05, 4.69) is 25.7 Å². The molecule has 0 aromatic heterocycles. The van der Waals surface area contributed by atoms with Gasteiger partial charge in [-0.3, -0.25) is 0 Å². The summed E-state index contributed by atoms with van der Waals surface area (Å²) in [7, 11) is 0. The van der Waals surface area contributed by atoms with Gasteiger partial charge in [-0.25, -0.2) is 9.59 Å². The number of nitrogens with zero attached hydrogens (tertiary/aromatic N) is 1. The maximum Gasteiger partial charge on any atom is 0.331 e. The largest absolute Gasteiger partial charge is 0.463 e. The predicted octanol–water partition coefficient (Wildman–Crippen LogP) is 4.89. The van der Waals surface area contributed by atoms with Gasteiger partial charge >= 0.3 is 11.9 Å². The zero-order chi connectivity index (χ0) is 20.2. The normalized spacial score (nSPS) is 11.3. The van der Waals surface area contributed by atoms with Crippen LogP contribution in [-0.4, -0.2) is 49.7 Å². The summed E-state index contributed by atoms with van der Waals surface area (Å²) in [6.45, 7) is 9.67. The molecule has 0 spiro atoms. The minimum absolute atomic E-state index is 0.332. The van der Waals surface area contributed by atoms with Gasteiger partial charge in [-0.2, -0.15) is 0 Å². The minimum atomic E-state index is -0.502. The first-order chi connectivity index (χ1) is 13.1. The number of unbranched alkanes of at least 4 members (excludes halogenated alkanes) is 9. The van der Waals surface area contributed by atoms with Gasteiger partial charge in [0.25, 0.3) is 0 Å². The van der Waals surface area contributed by atoms with Crippen LogP contribution in [0.1, 0.15) is 85.0 Å². The monoisotopic (exact) mass is 383 g/mol. The maximum atomic E-state index is 11.6. The van der Waals surface area contributed by atoms with Crippen molar-refractivity contribution in [2.75, 3.05) is 32.8 Å². The summed E-state index contributed by atoms with van der Waals surface area (Å²) in [4.78, 5) is 25.3. The molecule has 0 bridgehead atoms. The topological polar surface area (TPSA) is 55.8 Å². The molecule has 0 heterocycles. The van der Waals surface area contributed by atoms with Gasteiger partial charge < -0.3 is 14.4 Å². The number of hydrogen-bond donors (Lipinski definition) is 0. The van der Waals surface area contributed by atoms with Crippen molar-refractivity contribution in [3.05, 3.63) is 12.2 Å². The fourth-order valence-electron chi connectivity index (χ4n) is 2.81. The highest BCUT2D eigenvalue weighted by Crippen LogP contribution is 2.10. The SMILES string of the molecule is CCCCCCCCCCCCOC(=O)/C=C\C(=O)OCCN(CC)CC. The molecular formula is C22H41NO4. The molecule has 158 valence electrons. The number of carbonyl (C=O) groups excluding carboxylic acids is 2. The molecule has 5 nitrogen and oxygen atoms in total. The lowest BCUT2D eigenvalue weighted by molar-refractivity contribution is -0.140. The second kappa shape index (κ2) is 19.4. The summed E-state index contributed by atoms with van der Waals surface area (Å²) in [5.41, 5.74) is 0. The van der Waals surface area contributed by atoms with Crippen LogP contribution in [0.3, 0.4) is 0 Å². The van der Waals surface area contributed by atoms with Crippen LogP contribution >= 0.6 is 0 Å². The summed E-state index contributed by atoms with van der Waals surface area (Å²) in [5.74, 6) is -0.982. The van der Waals surface area contributed by atoms with Gasteiger partial charge in [-0.15, -0.1) is 0 Å². The Labute approximate surface area is 166 Å². The highest BCUT2D eigenvalue weighted by atomic mass is 16.5. The molecular weight excluding hydrogens is 342 g/mol. The van der Waals surface area contributed by atoms with Crippen molar-refractivity contribution in [2.45, 2.75) is 85.0 Å². The summed E-state index contributed by atoms with van der Waals surface area (Å²) in [6.07, 6.45) is 14.7. The van der Waals surface area contributed by atoms with E-state index in [4.69, 9.17) is 9.47 Å². The number of rotatable bonds is 18. The number of likely N-dealkylation sites (N-methyl/N-ethyl adjacent to an activating group) is 1. The van der Waals surface area contributed by atoms with E-state index in [0.29, 0.717) is 19.8 Å². The molecule has 0 amide bonds. The standard InChI is InChI=1S/C22H41NO4/c1-4-7-8-9-10-11-12-13-14-15-19-26-21(24)16-17-22(25)27-20-18-23(5-2)6-3/h16-17H,4-15,18-20H2,1-3H3/b17-16-. The van der Waals surface area contributed by atoms with E-state index in [9.17, 15) is 9.59 Å². The third kappa shape index (κ3) is 17.8. The van der Waals surface area contributed by atoms with E-state index in [1.807, 2.05) is 0 Å². The minimum Gasteiger partial charge on any atom is -0.463 e. The molecule has 0 aromatic rings. The van der Waals surface area contributed by atoms with Gasteiger partial charge in [0.05, 0.1) is 6.61 Å². The first-order valence-corrected chi connectivity index (χ1v) is 10.9. The molecule has 0 fully saturated rings. The van der Waals surface area contributed by atoms with Crippen molar-refractivity contribution < 1.29 is 19.1 Å². The van der Waals surface area contributed by atoms with Crippen molar-refractivity contribution in [1.29, 1.82) is 0 Å². The van der Waals surface area contributed by atoms with Crippen molar-refractivity contribution in [1.82, 2.24) is 4.90 Å². The van der Waals surface area contributed by atoms with Crippen LogP contribution in [0, 0.1) is 0 Å². The van der Waals surface area contributed by atoms with Crippen LogP contribution in [0.4, 0.5) is 0 Å². The predicted molar refractivity (Wildman–Crippen MR) is 111 cm³/mol.